The molecule has 0 saturated carbocycles. The highest BCUT2D eigenvalue weighted by atomic mass is 19.3. The van der Waals surface area contributed by atoms with Crippen molar-refractivity contribution in [3.63, 3.8) is 0 Å². The second-order valence-corrected chi connectivity index (χ2v) is 5.47. The Morgan fingerprint density at radius 1 is 1.08 bits per heavy atom. The van der Waals surface area contributed by atoms with E-state index in [-0.39, 0.29) is 11.7 Å². The molecule has 0 aromatic heterocycles. The molecule has 1 heterocycles. The maximum absolute atomic E-state index is 12.4. The third kappa shape index (κ3) is 4.45. The van der Waals surface area contributed by atoms with Gasteiger partial charge in [-0.05, 0) is 36.4 Å². The van der Waals surface area contributed by atoms with Crippen molar-refractivity contribution in [3.8, 4) is 5.75 Å². The number of para-hydroxylation sites is 2. The van der Waals surface area contributed by atoms with Gasteiger partial charge < -0.3 is 19.7 Å². The molecule has 0 radical (unpaired) electrons. The molecule has 0 spiro atoms. The number of hydrogen-bond donors (Lipinski definition) is 1. The van der Waals surface area contributed by atoms with Gasteiger partial charge in [0, 0.05) is 18.7 Å². The van der Waals surface area contributed by atoms with Gasteiger partial charge in [-0.1, -0.05) is 12.1 Å². The fourth-order valence-electron chi connectivity index (χ4n) is 2.64. The number of rotatable bonds is 5. The lowest BCUT2D eigenvalue weighted by molar-refractivity contribution is -0.0498. The number of halogens is 2. The van der Waals surface area contributed by atoms with Crippen LogP contribution in [0.15, 0.2) is 48.5 Å². The largest absolute Gasteiger partial charge is 0.435 e. The first kappa shape index (κ1) is 17.2. The molecule has 2 aromatic rings. The van der Waals surface area contributed by atoms with Crippen LogP contribution in [-0.2, 0) is 4.74 Å². The zero-order chi connectivity index (χ0) is 17.6. The number of ether oxygens (including phenoxy) is 2. The van der Waals surface area contributed by atoms with E-state index >= 15 is 0 Å². The monoisotopic (exact) mass is 348 g/mol. The number of nitrogens with one attached hydrogen (secondary N) is 1. The van der Waals surface area contributed by atoms with Gasteiger partial charge in [-0.2, -0.15) is 8.78 Å². The van der Waals surface area contributed by atoms with Crippen molar-refractivity contribution in [1.82, 2.24) is 0 Å². The Hall–Kier alpha value is -2.67. The molecular formula is C18H18F2N2O3. The highest BCUT2D eigenvalue weighted by molar-refractivity contribution is 6.06. The van der Waals surface area contributed by atoms with Crippen molar-refractivity contribution in [2.45, 2.75) is 6.61 Å². The summed E-state index contributed by atoms with van der Waals surface area (Å²) >= 11 is 0. The molecule has 1 aliphatic rings. The van der Waals surface area contributed by atoms with Gasteiger partial charge in [0.05, 0.1) is 24.6 Å². The van der Waals surface area contributed by atoms with Crippen LogP contribution in [0, 0.1) is 0 Å². The van der Waals surface area contributed by atoms with Gasteiger partial charge in [-0.3, -0.25) is 4.79 Å². The summed E-state index contributed by atoms with van der Waals surface area (Å²) in [6.45, 7) is -0.0824. The van der Waals surface area contributed by atoms with Gasteiger partial charge in [0.25, 0.3) is 5.91 Å². The van der Waals surface area contributed by atoms with Crippen LogP contribution in [-0.4, -0.2) is 38.8 Å². The lowest BCUT2D eigenvalue weighted by Crippen LogP contribution is -2.36. The summed E-state index contributed by atoms with van der Waals surface area (Å²) in [4.78, 5) is 14.6. The zero-order valence-corrected chi connectivity index (χ0v) is 13.5. The van der Waals surface area contributed by atoms with Gasteiger partial charge in [0.2, 0.25) is 0 Å². The Morgan fingerprint density at radius 2 is 1.76 bits per heavy atom. The lowest BCUT2D eigenvalue weighted by Gasteiger charge is -2.30. The smallest absolute Gasteiger partial charge is 0.387 e. The third-order valence-electron chi connectivity index (χ3n) is 3.85. The molecule has 1 aliphatic heterocycles. The summed E-state index contributed by atoms with van der Waals surface area (Å²) in [6.07, 6.45) is 0. The van der Waals surface area contributed by atoms with Crippen molar-refractivity contribution in [2.24, 2.45) is 0 Å². The molecule has 0 atom stereocenters. The van der Waals surface area contributed by atoms with E-state index in [2.05, 4.69) is 15.0 Å². The first-order valence-electron chi connectivity index (χ1n) is 7.91. The number of nitrogens with zero attached hydrogens (tertiary/aromatic N) is 1. The fourth-order valence-corrected chi connectivity index (χ4v) is 2.64. The molecule has 1 N–H and O–H groups in total. The molecule has 2 aromatic carbocycles. The van der Waals surface area contributed by atoms with E-state index < -0.39 is 6.61 Å². The quantitative estimate of drug-likeness (QED) is 0.900. The Balaban J connectivity index is 1.72. The number of morpholine rings is 1. The molecule has 0 aliphatic carbocycles. The van der Waals surface area contributed by atoms with Crippen LogP contribution >= 0.6 is 0 Å². The summed E-state index contributed by atoms with van der Waals surface area (Å²) < 4.78 is 34.0. The molecular weight excluding hydrogens is 330 g/mol. The molecule has 3 rings (SSSR count). The average molecular weight is 348 g/mol. The van der Waals surface area contributed by atoms with Crippen LogP contribution in [0.2, 0.25) is 0 Å². The highest BCUT2D eigenvalue weighted by Gasteiger charge is 2.16. The molecule has 25 heavy (non-hydrogen) atoms. The summed E-state index contributed by atoms with van der Waals surface area (Å²) in [6, 6.07) is 13.1. The number of amides is 1. The third-order valence-corrected chi connectivity index (χ3v) is 3.85. The van der Waals surface area contributed by atoms with E-state index in [1.807, 2.05) is 24.3 Å². The van der Waals surface area contributed by atoms with Crippen molar-refractivity contribution < 1.29 is 23.0 Å². The Bertz CT molecular complexity index is 717. The van der Waals surface area contributed by atoms with Crippen LogP contribution in [0.5, 0.6) is 5.75 Å². The molecule has 0 bridgehead atoms. The molecule has 132 valence electrons. The molecule has 1 saturated heterocycles. The number of carbonyl (C=O) groups excluding carboxylic acids is 1. The maximum Gasteiger partial charge on any atom is 0.387 e. The van der Waals surface area contributed by atoms with Gasteiger partial charge in [-0.15, -0.1) is 0 Å². The summed E-state index contributed by atoms with van der Waals surface area (Å²) in [5.41, 5.74) is 1.98. The van der Waals surface area contributed by atoms with E-state index in [4.69, 9.17) is 4.74 Å². The number of anilines is 2. The van der Waals surface area contributed by atoms with Crippen molar-refractivity contribution in [1.29, 1.82) is 0 Å². The first-order chi connectivity index (χ1) is 12.1. The van der Waals surface area contributed by atoms with E-state index in [0.717, 1.165) is 18.8 Å². The van der Waals surface area contributed by atoms with Crippen molar-refractivity contribution in [3.05, 3.63) is 54.1 Å². The average Bonchev–Trinajstić information content (AvgIpc) is 2.63. The molecule has 7 heteroatoms. The summed E-state index contributed by atoms with van der Waals surface area (Å²) in [5, 5.41) is 2.87. The molecule has 0 unspecified atom stereocenters. The second kappa shape index (κ2) is 7.94. The van der Waals surface area contributed by atoms with Crippen LogP contribution in [0.25, 0.3) is 0 Å². The van der Waals surface area contributed by atoms with E-state index in [1.54, 1.807) is 0 Å². The van der Waals surface area contributed by atoms with Gasteiger partial charge in [-0.25, -0.2) is 0 Å². The van der Waals surface area contributed by atoms with Crippen LogP contribution in [0.4, 0.5) is 20.2 Å². The minimum atomic E-state index is -2.89. The molecule has 1 fully saturated rings. The fraction of sp³-hybridized carbons (Fsp3) is 0.278. The summed E-state index contributed by atoms with van der Waals surface area (Å²) in [5.74, 6) is -0.301. The zero-order valence-electron chi connectivity index (χ0n) is 13.5. The number of benzene rings is 2. The van der Waals surface area contributed by atoms with E-state index in [1.165, 1.54) is 24.3 Å². The normalized spacial score (nSPS) is 14.4. The standard InChI is InChI=1S/C18H18F2N2O3/c19-18(20)25-14-7-5-13(6-8-14)17(23)21-15-3-1-2-4-16(15)22-9-11-24-12-10-22/h1-8,18H,9-12H2,(H,21,23). The SMILES string of the molecule is O=C(Nc1ccccc1N1CCOCC1)c1ccc(OC(F)F)cc1. The van der Waals surface area contributed by atoms with Crippen LogP contribution in [0.1, 0.15) is 10.4 Å². The van der Waals surface area contributed by atoms with Gasteiger partial charge in [0.15, 0.2) is 0 Å². The van der Waals surface area contributed by atoms with Crippen molar-refractivity contribution >= 4 is 17.3 Å². The Labute approximate surface area is 144 Å². The van der Waals surface area contributed by atoms with E-state index in [9.17, 15) is 13.6 Å². The minimum absolute atomic E-state index is 0.0141. The van der Waals surface area contributed by atoms with Crippen LogP contribution in [0.3, 0.4) is 0 Å². The topological polar surface area (TPSA) is 50.8 Å². The predicted molar refractivity (Wildman–Crippen MR) is 90.5 cm³/mol. The van der Waals surface area contributed by atoms with Crippen molar-refractivity contribution in [2.75, 3.05) is 36.5 Å². The van der Waals surface area contributed by atoms with Gasteiger partial charge in [0.1, 0.15) is 5.75 Å². The number of alkyl halides is 2. The molecule has 1 amide bonds. The molecule has 5 nitrogen and oxygen atoms in total. The van der Waals surface area contributed by atoms with Gasteiger partial charge >= 0.3 is 6.61 Å². The number of carbonyl (C=O) groups is 1. The lowest BCUT2D eigenvalue weighted by atomic mass is 10.2. The maximum atomic E-state index is 12.4. The Morgan fingerprint density at radius 3 is 2.44 bits per heavy atom. The number of hydrogen-bond acceptors (Lipinski definition) is 4. The van der Waals surface area contributed by atoms with Crippen LogP contribution < -0.4 is 15.0 Å². The second-order valence-electron chi connectivity index (χ2n) is 5.47. The highest BCUT2D eigenvalue weighted by Crippen LogP contribution is 2.27. The summed E-state index contributed by atoms with van der Waals surface area (Å²) in [7, 11) is 0. The van der Waals surface area contributed by atoms with E-state index in [0.29, 0.717) is 24.5 Å². The minimum Gasteiger partial charge on any atom is -0.435 e. The first-order valence-corrected chi connectivity index (χ1v) is 7.91. The Kier molecular flexibility index (Phi) is 5.45. The predicted octanol–water partition coefficient (Wildman–Crippen LogP) is 3.38.